The molecule has 11 heteroatoms. The Morgan fingerprint density at radius 1 is 1.03 bits per heavy atom. The third-order valence-corrected chi connectivity index (χ3v) is 6.63. The van der Waals surface area contributed by atoms with E-state index in [1.165, 1.54) is 12.1 Å². The summed E-state index contributed by atoms with van der Waals surface area (Å²) in [5, 5.41) is 10.3. The van der Waals surface area contributed by atoms with Gasteiger partial charge in [0.15, 0.2) is 5.82 Å². The van der Waals surface area contributed by atoms with Crippen LogP contribution < -0.4 is 14.8 Å². The molecule has 0 amide bonds. The molecule has 4 rings (SSSR count). The van der Waals surface area contributed by atoms with Crippen molar-refractivity contribution in [3.8, 4) is 17.0 Å². The van der Waals surface area contributed by atoms with E-state index in [0.717, 1.165) is 16.8 Å². The zero-order valence-electron chi connectivity index (χ0n) is 20.1. The Labute approximate surface area is 209 Å². The van der Waals surface area contributed by atoms with Crippen molar-refractivity contribution >= 4 is 27.3 Å². The Morgan fingerprint density at radius 2 is 1.81 bits per heavy atom. The van der Waals surface area contributed by atoms with E-state index in [1.807, 2.05) is 13.8 Å². The molecule has 0 saturated carbocycles. The lowest BCUT2D eigenvalue weighted by Crippen LogP contribution is -2.15. The molecule has 4 aromatic rings. The highest BCUT2D eigenvalue weighted by Gasteiger charge is 2.15. The molecule has 188 valence electrons. The summed E-state index contributed by atoms with van der Waals surface area (Å²) in [5.74, 6) is 1.29. The number of aromatic nitrogens is 4. The Kier molecular flexibility index (Phi) is 7.49. The maximum atomic E-state index is 13.2. The summed E-state index contributed by atoms with van der Waals surface area (Å²) in [6.07, 6.45) is 3.38. The van der Waals surface area contributed by atoms with Crippen LogP contribution >= 0.6 is 0 Å². The van der Waals surface area contributed by atoms with E-state index >= 15 is 0 Å². The summed E-state index contributed by atoms with van der Waals surface area (Å²) in [6, 6.07) is 12.8. The maximum Gasteiger partial charge on any atom is 0.232 e. The summed E-state index contributed by atoms with van der Waals surface area (Å²) in [5.41, 5.74) is 3.35. The van der Waals surface area contributed by atoms with Gasteiger partial charge in [-0.15, -0.1) is 0 Å². The number of halogens is 1. The van der Waals surface area contributed by atoms with Crippen LogP contribution in [0.2, 0.25) is 0 Å². The predicted octanol–water partition coefficient (Wildman–Crippen LogP) is 5.21. The van der Waals surface area contributed by atoms with Crippen LogP contribution in [0.5, 0.6) is 5.75 Å². The van der Waals surface area contributed by atoms with Gasteiger partial charge in [0.1, 0.15) is 24.0 Å². The molecule has 0 aliphatic carbocycles. The Morgan fingerprint density at radius 3 is 2.47 bits per heavy atom. The lowest BCUT2D eigenvalue weighted by molar-refractivity contribution is 0.308. The predicted molar refractivity (Wildman–Crippen MR) is 137 cm³/mol. The van der Waals surface area contributed by atoms with Gasteiger partial charge in [-0.05, 0) is 42.7 Å². The number of ether oxygens (including phenoxy) is 1. The van der Waals surface area contributed by atoms with E-state index in [-0.39, 0.29) is 24.1 Å². The average molecular weight is 511 g/mol. The average Bonchev–Trinajstić information content (AvgIpc) is 3.33. The van der Waals surface area contributed by atoms with Gasteiger partial charge in [-0.25, -0.2) is 17.8 Å². The minimum atomic E-state index is -3.52. The number of benzene rings is 2. The van der Waals surface area contributed by atoms with Crippen molar-refractivity contribution in [3.63, 3.8) is 0 Å². The van der Waals surface area contributed by atoms with Gasteiger partial charge in [0.2, 0.25) is 10.0 Å². The van der Waals surface area contributed by atoms with Gasteiger partial charge in [-0.1, -0.05) is 32.0 Å². The summed E-state index contributed by atoms with van der Waals surface area (Å²) in [6.45, 7) is 5.78. The molecule has 36 heavy (non-hydrogen) atoms. The first-order valence-electron chi connectivity index (χ1n) is 11.4. The van der Waals surface area contributed by atoms with Gasteiger partial charge in [-0.3, -0.25) is 14.8 Å². The number of nitrogens with one attached hydrogen (secondary N) is 3. The highest BCUT2D eigenvalue weighted by Crippen LogP contribution is 2.32. The second-order valence-corrected chi connectivity index (χ2v) is 10.4. The van der Waals surface area contributed by atoms with Gasteiger partial charge in [0, 0.05) is 11.6 Å². The fourth-order valence-corrected chi connectivity index (χ4v) is 3.89. The first kappa shape index (κ1) is 25.1. The quantitative estimate of drug-likeness (QED) is 0.268. The fraction of sp³-hybridized carbons (Fsp3) is 0.240. The SMILES string of the molecule is CCS(=O)(=O)Nc1ccc(-c2cc(Nc3cnc(C(C)C)cn3)n[nH]2)cc1OCc1ccc(F)cc1. The highest BCUT2D eigenvalue weighted by molar-refractivity contribution is 7.92. The van der Waals surface area contributed by atoms with Crippen LogP contribution in [0.1, 0.15) is 37.9 Å². The van der Waals surface area contributed by atoms with Crippen molar-refractivity contribution in [1.82, 2.24) is 20.2 Å². The van der Waals surface area contributed by atoms with Crippen molar-refractivity contribution in [2.75, 3.05) is 15.8 Å². The van der Waals surface area contributed by atoms with E-state index < -0.39 is 10.0 Å². The Hall–Kier alpha value is -3.99. The number of hydrogen-bond donors (Lipinski definition) is 3. The molecule has 2 aromatic carbocycles. The van der Waals surface area contributed by atoms with Gasteiger partial charge in [0.05, 0.1) is 35.2 Å². The van der Waals surface area contributed by atoms with E-state index in [0.29, 0.717) is 28.8 Å². The molecule has 0 aliphatic rings. The molecule has 2 heterocycles. The second kappa shape index (κ2) is 10.7. The van der Waals surface area contributed by atoms with Gasteiger partial charge in [-0.2, -0.15) is 5.10 Å². The normalized spacial score (nSPS) is 11.5. The van der Waals surface area contributed by atoms with Gasteiger partial charge < -0.3 is 10.1 Å². The summed E-state index contributed by atoms with van der Waals surface area (Å²) in [4.78, 5) is 8.76. The zero-order valence-corrected chi connectivity index (χ0v) is 20.9. The third kappa shape index (κ3) is 6.36. The van der Waals surface area contributed by atoms with Crippen molar-refractivity contribution in [2.24, 2.45) is 0 Å². The molecule has 0 aliphatic heterocycles. The lowest BCUT2D eigenvalue weighted by Gasteiger charge is -2.14. The highest BCUT2D eigenvalue weighted by atomic mass is 32.2. The maximum absolute atomic E-state index is 13.2. The number of H-pyrrole nitrogens is 1. The number of sulfonamides is 1. The molecule has 0 unspecified atom stereocenters. The van der Waals surface area contributed by atoms with Gasteiger partial charge in [0.25, 0.3) is 0 Å². The molecule has 3 N–H and O–H groups in total. The molecule has 0 atom stereocenters. The minimum absolute atomic E-state index is 0.0806. The van der Waals surface area contributed by atoms with Crippen LogP contribution in [0.25, 0.3) is 11.3 Å². The number of rotatable bonds is 10. The third-order valence-electron chi connectivity index (χ3n) is 5.34. The van der Waals surface area contributed by atoms with Crippen LogP contribution in [0.15, 0.2) is 60.9 Å². The van der Waals surface area contributed by atoms with Crippen LogP contribution in [0.3, 0.4) is 0 Å². The van der Waals surface area contributed by atoms with Crippen molar-refractivity contribution < 1.29 is 17.5 Å². The lowest BCUT2D eigenvalue weighted by atomic mass is 10.1. The first-order valence-corrected chi connectivity index (χ1v) is 13.0. The van der Waals surface area contributed by atoms with E-state index in [1.54, 1.807) is 55.7 Å². The molecular weight excluding hydrogens is 483 g/mol. The van der Waals surface area contributed by atoms with Crippen molar-refractivity contribution in [3.05, 3.63) is 78.0 Å². The zero-order chi connectivity index (χ0) is 25.7. The van der Waals surface area contributed by atoms with E-state index in [9.17, 15) is 12.8 Å². The fourth-order valence-electron chi connectivity index (χ4n) is 3.24. The summed E-state index contributed by atoms with van der Waals surface area (Å²) in [7, 11) is -3.52. The molecule has 0 saturated heterocycles. The standard InChI is InChI=1S/C25H27FN6O3S/c1-4-36(33,34)32-20-10-7-18(11-23(20)35-15-17-5-8-19(26)9-6-17)21-12-24(31-30-21)29-25-14-27-22(13-28-25)16(2)3/h5-14,16,32H,4,15H2,1-3H3,(H2,28,29,30,31). The van der Waals surface area contributed by atoms with E-state index in [2.05, 4.69) is 30.2 Å². The van der Waals surface area contributed by atoms with Crippen LogP contribution in [-0.2, 0) is 16.6 Å². The number of anilines is 3. The minimum Gasteiger partial charge on any atom is -0.487 e. The molecule has 0 radical (unpaired) electrons. The molecular formula is C25H27FN6O3S. The second-order valence-electron chi connectivity index (χ2n) is 8.40. The van der Waals surface area contributed by atoms with Crippen molar-refractivity contribution in [2.45, 2.75) is 33.3 Å². The summed E-state index contributed by atoms with van der Waals surface area (Å²) < 4.78 is 46.1. The molecule has 0 fully saturated rings. The first-order chi connectivity index (χ1) is 17.2. The Bertz CT molecular complexity index is 1420. The largest absolute Gasteiger partial charge is 0.487 e. The number of nitrogens with zero attached hydrogens (tertiary/aromatic N) is 3. The van der Waals surface area contributed by atoms with Crippen LogP contribution in [-0.4, -0.2) is 34.3 Å². The monoisotopic (exact) mass is 510 g/mol. The number of aromatic amines is 1. The van der Waals surface area contributed by atoms with Crippen molar-refractivity contribution in [1.29, 1.82) is 0 Å². The van der Waals surface area contributed by atoms with Crippen LogP contribution in [0, 0.1) is 5.82 Å². The molecule has 0 bridgehead atoms. The molecule has 9 nitrogen and oxygen atoms in total. The van der Waals surface area contributed by atoms with E-state index in [4.69, 9.17) is 4.74 Å². The number of hydrogen-bond acceptors (Lipinski definition) is 7. The topological polar surface area (TPSA) is 122 Å². The molecule has 2 aromatic heterocycles. The van der Waals surface area contributed by atoms with Gasteiger partial charge >= 0.3 is 0 Å². The smallest absolute Gasteiger partial charge is 0.232 e. The Balaban J connectivity index is 1.56. The van der Waals surface area contributed by atoms with Crippen LogP contribution in [0.4, 0.5) is 21.7 Å². The summed E-state index contributed by atoms with van der Waals surface area (Å²) >= 11 is 0. The molecule has 0 spiro atoms.